The zero-order valence-electron chi connectivity index (χ0n) is 15.9. The van der Waals surface area contributed by atoms with Crippen molar-refractivity contribution in [2.75, 3.05) is 26.7 Å². The molecule has 1 aliphatic rings. The standard InChI is InChI=1S/C21H22ClF3N2O2/c1-29-18-4-2-3-16(19(18)22)20(28)26-13-17(14-5-7-15(23)8-6-14)27-11-9-21(24,25)10-12-27/h2-8,17H,9-13H2,1H3,(H,26,28). The van der Waals surface area contributed by atoms with Crippen molar-refractivity contribution in [2.24, 2.45) is 0 Å². The van der Waals surface area contributed by atoms with Gasteiger partial charge >= 0.3 is 0 Å². The average molecular weight is 427 g/mol. The van der Waals surface area contributed by atoms with E-state index in [1.165, 1.54) is 19.2 Å². The fraction of sp³-hybridized carbons (Fsp3) is 0.381. The van der Waals surface area contributed by atoms with E-state index < -0.39 is 11.8 Å². The van der Waals surface area contributed by atoms with Crippen LogP contribution in [-0.2, 0) is 0 Å². The lowest BCUT2D eigenvalue weighted by molar-refractivity contribution is -0.0632. The molecule has 1 atom stereocenters. The summed E-state index contributed by atoms with van der Waals surface area (Å²) in [5.41, 5.74) is 1.00. The van der Waals surface area contributed by atoms with Crippen LogP contribution in [0.5, 0.6) is 5.75 Å². The molecule has 1 saturated heterocycles. The Kier molecular flexibility index (Phi) is 6.70. The van der Waals surface area contributed by atoms with Gasteiger partial charge in [0, 0.05) is 32.5 Å². The molecule has 0 bridgehead atoms. The predicted molar refractivity (Wildman–Crippen MR) is 105 cm³/mol. The van der Waals surface area contributed by atoms with Gasteiger partial charge in [-0.15, -0.1) is 0 Å². The number of nitrogens with one attached hydrogen (secondary N) is 1. The van der Waals surface area contributed by atoms with E-state index in [0.29, 0.717) is 5.75 Å². The number of likely N-dealkylation sites (tertiary alicyclic amines) is 1. The first-order valence-electron chi connectivity index (χ1n) is 9.29. The van der Waals surface area contributed by atoms with Crippen LogP contribution in [0, 0.1) is 5.82 Å². The molecule has 0 radical (unpaired) electrons. The van der Waals surface area contributed by atoms with Gasteiger partial charge in [0.2, 0.25) is 0 Å². The summed E-state index contributed by atoms with van der Waals surface area (Å²) in [6.07, 6.45) is -0.499. The van der Waals surface area contributed by atoms with Crippen LogP contribution < -0.4 is 10.1 Å². The zero-order valence-corrected chi connectivity index (χ0v) is 16.7. The number of amides is 1. The third-order valence-electron chi connectivity index (χ3n) is 5.11. The number of hydrogen-bond acceptors (Lipinski definition) is 3. The number of carbonyl (C=O) groups is 1. The molecule has 2 aromatic rings. The van der Waals surface area contributed by atoms with E-state index in [-0.39, 0.29) is 54.9 Å². The molecule has 1 N–H and O–H groups in total. The van der Waals surface area contributed by atoms with Crippen molar-refractivity contribution in [3.8, 4) is 5.75 Å². The molecule has 0 aromatic heterocycles. The monoisotopic (exact) mass is 426 g/mol. The van der Waals surface area contributed by atoms with Crippen LogP contribution in [0.4, 0.5) is 13.2 Å². The average Bonchev–Trinajstić information content (AvgIpc) is 2.70. The summed E-state index contributed by atoms with van der Waals surface area (Å²) in [7, 11) is 1.46. The second-order valence-corrected chi connectivity index (χ2v) is 7.37. The van der Waals surface area contributed by atoms with Crippen LogP contribution in [0.25, 0.3) is 0 Å². The van der Waals surface area contributed by atoms with Crippen molar-refractivity contribution in [3.05, 3.63) is 64.4 Å². The molecular formula is C21H22ClF3N2O2. The number of benzene rings is 2. The maximum atomic E-state index is 13.6. The highest BCUT2D eigenvalue weighted by molar-refractivity contribution is 6.35. The quantitative estimate of drug-likeness (QED) is 0.728. The minimum atomic E-state index is -2.68. The number of ether oxygens (including phenoxy) is 1. The molecule has 0 aliphatic carbocycles. The second kappa shape index (κ2) is 9.05. The van der Waals surface area contributed by atoms with E-state index >= 15 is 0 Å². The lowest BCUT2D eigenvalue weighted by Gasteiger charge is -2.37. The van der Waals surface area contributed by atoms with E-state index in [1.54, 1.807) is 30.3 Å². The van der Waals surface area contributed by atoms with Crippen molar-refractivity contribution in [2.45, 2.75) is 24.8 Å². The number of carbonyl (C=O) groups excluding carboxylic acids is 1. The van der Waals surface area contributed by atoms with Gasteiger partial charge in [0.1, 0.15) is 11.6 Å². The Morgan fingerprint density at radius 1 is 1.21 bits per heavy atom. The summed E-state index contributed by atoms with van der Waals surface area (Å²) in [6.45, 7) is 0.541. The molecule has 156 valence electrons. The Bertz CT molecular complexity index is 852. The first-order chi connectivity index (χ1) is 13.8. The van der Waals surface area contributed by atoms with Gasteiger partial charge in [0.15, 0.2) is 0 Å². The fourth-order valence-corrected chi connectivity index (χ4v) is 3.72. The highest BCUT2D eigenvalue weighted by atomic mass is 35.5. The molecule has 3 rings (SSSR count). The smallest absolute Gasteiger partial charge is 0.253 e. The van der Waals surface area contributed by atoms with E-state index in [1.807, 2.05) is 4.90 Å². The summed E-state index contributed by atoms with van der Waals surface area (Å²) in [5, 5.41) is 3.02. The van der Waals surface area contributed by atoms with Gasteiger partial charge in [0.05, 0.1) is 23.7 Å². The molecule has 29 heavy (non-hydrogen) atoms. The van der Waals surface area contributed by atoms with Crippen LogP contribution in [0.3, 0.4) is 0 Å². The highest BCUT2D eigenvalue weighted by Crippen LogP contribution is 2.33. The van der Waals surface area contributed by atoms with E-state index in [2.05, 4.69) is 5.32 Å². The van der Waals surface area contributed by atoms with Crippen molar-refractivity contribution in [3.63, 3.8) is 0 Å². The first-order valence-corrected chi connectivity index (χ1v) is 9.66. The van der Waals surface area contributed by atoms with Crippen LogP contribution in [0.1, 0.15) is 34.8 Å². The maximum Gasteiger partial charge on any atom is 0.253 e. The summed E-state index contributed by atoms with van der Waals surface area (Å²) in [4.78, 5) is 14.5. The molecule has 0 saturated carbocycles. The molecule has 1 heterocycles. The number of nitrogens with zero attached hydrogens (tertiary/aromatic N) is 1. The molecule has 4 nitrogen and oxygen atoms in total. The minimum absolute atomic E-state index is 0.170. The van der Waals surface area contributed by atoms with Crippen molar-refractivity contribution in [1.29, 1.82) is 0 Å². The Labute approximate surface area is 172 Å². The van der Waals surface area contributed by atoms with Crippen LogP contribution in [0.2, 0.25) is 5.02 Å². The SMILES string of the molecule is COc1cccc(C(=O)NCC(c2ccc(F)cc2)N2CCC(F)(F)CC2)c1Cl. The van der Waals surface area contributed by atoms with Crippen molar-refractivity contribution < 1.29 is 22.7 Å². The van der Waals surface area contributed by atoms with Crippen molar-refractivity contribution >= 4 is 17.5 Å². The molecule has 1 aliphatic heterocycles. The van der Waals surface area contributed by atoms with Gasteiger partial charge in [-0.3, -0.25) is 9.69 Å². The number of methoxy groups -OCH3 is 1. The largest absolute Gasteiger partial charge is 0.495 e. The number of halogens is 4. The molecule has 1 amide bonds. The number of alkyl halides is 2. The third-order valence-corrected chi connectivity index (χ3v) is 5.50. The van der Waals surface area contributed by atoms with E-state index in [4.69, 9.17) is 16.3 Å². The molecule has 0 spiro atoms. The molecule has 1 fully saturated rings. The van der Waals surface area contributed by atoms with Gasteiger partial charge in [-0.05, 0) is 29.8 Å². The van der Waals surface area contributed by atoms with Gasteiger partial charge < -0.3 is 10.1 Å². The topological polar surface area (TPSA) is 41.6 Å². The number of rotatable bonds is 6. The van der Waals surface area contributed by atoms with Gasteiger partial charge in [-0.25, -0.2) is 13.2 Å². The van der Waals surface area contributed by atoms with Gasteiger partial charge in [-0.2, -0.15) is 0 Å². The molecule has 1 unspecified atom stereocenters. The fourth-order valence-electron chi connectivity index (χ4n) is 3.43. The Morgan fingerprint density at radius 2 is 1.86 bits per heavy atom. The lowest BCUT2D eigenvalue weighted by atomic mass is 9.99. The Balaban J connectivity index is 1.77. The summed E-state index contributed by atoms with van der Waals surface area (Å²) >= 11 is 6.21. The first kappa shape index (κ1) is 21.5. The lowest BCUT2D eigenvalue weighted by Crippen LogP contribution is -2.45. The molecule has 2 aromatic carbocycles. The van der Waals surface area contributed by atoms with E-state index in [9.17, 15) is 18.0 Å². The summed E-state index contributed by atoms with van der Waals surface area (Å²) < 4.78 is 45.6. The van der Waals surface area contributed by atoms with Crippen molar-refractivity contribution in [1.82, 2.24) is 10.2 Å². The van der Waals surface area contributed by atoms with Crippen LogP contribution >= 0.6 is 11.6 Å². The minimum Gasteiger partial charge on any atom is -0.495 e. The Morgan fingerprint density at radius 3 is 2.48 bits per heavy atom. The highest BCUT2D eigenvalue weighted by Gasteiger charge is 2.36. The van der Waals surface area contributed by atoms with Gasteiger partial charge in [0.25, 0.3) is 11.8 Å². The number of hydrogen-bond donors (Lipinski definition) is 1. The normalized spacial score (nSPS) is 17.6. The van der Waals surface area contributed by atoms with Gasteiger partial charge in [-0.1, -0.05) is 29.8 Å². The van der Waals surface area contributed by atoms with Crippen LogP contribution in [-0.4, -0.2) is 43.5 Å². The second-order valence-electron chi connectivity index (χ2n) is 6.99. The molecule has 8 heteroatoms. The number of piperidine rings is 1. The summed E-state index contributed by atoms with van der Waals surface area (Å²) in [5.74, 6) is -3.08. The Hall–Kier alpha value is -2.25. The molecular weight excluding hydrogens is 405 g/mol. The van der Waals surface area contributed by atoms with E-state index in [0.717, 1.165) is 5.56 Å². The van der Waals surface area contributed by atoms with Crippen LogP contribution in [0.15, 0.2) is 42.5 Å². The summed E-state index contributed by atoms with van der Waals surface area (Å²) in [6, 6.07) is 10.4. The predicted octanol–water partition coefficient (Wildman–Crippen LogP) is 4.69. The maximum absolute atomic E-state index is 13.6. The zero-order chi connectivity index (χ0) is 21.0. The third kappa shape index (κ3) is 5.22.